The first kappa shape index (κ1) is 24.6. The van der Waals surface area contributed by atoms with E-state index in [0.29, 0.717) is 28.9 Å². The minimum atomic E-state index is -0.556. The highest BCUT2D eigenvalue weighted by Crippen LogP contribution is 2.28. The molecule has 30 heavy (non-hydrogen) atoms. The molecule has 2 aromatic carbocycles. The summed E-state index contributed by atoms with van der Waals surface area (Å²) >= 11 is 13.9. The summed E-state index contributed by atoms with van der Waals surface area (Å²) in [6, 6.07) is 14.5. The fourth-order valence-electron chi connectivity index (χ4n) is 2.89. The zero-order valence-corrected chi connectivity index (χ0v) is 19.7. The number of thioether (sulfide) groups is 1. The molecule has 7 heteroatoms. The van der Waals surface area contributed by atoms with Crippen molar-refractivity contribution in [1.29, 1.82) is 0 Å². The van der Waals surface area contributed by atoms with Crippen molar-refractivity contribution in [3.63, 3.8) is 0 Å². The van der Waals surface area contributed by atoms with E-state index in [1.807, 2.05) is 30.3 Å². The van der Waals surface area contributed by atoms with Gasteiger partial charge in [0.2, 0.25) is 11.8 Å². The molecule has 0 fully saturated rings. The Balaban J connectivity index is 2.04. The summed E-state index contributed by atoms with van der Waals surface area (Å²) in [5.41, 5.74) is 1.80. The number of nitrogens with zero attached hydrogens (tertiary/aromatic N) is 1. The number of hydrogen-bond acceptors (Lipinski definition) is 3. The lowest BCUT2D eigenvalue weighted by atomic mass is 10.1. The van der Waals surface area contributed by atoms with Crippen molar-refractivity contribution in [2.75, 3.05) is 12.3 Å². The average molecular weight is 467 g/mol. The van der Waals surface area contributed by atoms with E-state index >= 15 is 0 Å². The van der Waals surface area contributed by atoms with Crippen molar-refractivity contribution < 1.29 is 9.59 Å². The van der Waals surface area contributed by atoms with Gasteiger partial charge in [-0.3, -0.25) is 9.59 Å². The third kappa shape index (κ3) is 7.53. The first-order chi connectivity index (χ1) is 14.4. The van der Waals surface area contributed by atoms with E-state index in [1.165, 1.54) is 11.8 Å². The van der Waals surface area contributed by atoms with Gasteiger partial charge in [-0.05, 0) is 36.6 Å². The molecule has 0 saturated carbocycles. The summed E-state index contributed by atoms with van der Waals surface area (Å²) in [6.45, 7) is 4.85. The molecular formula is C23H28Cl2N2O2S. The van der Waals surface area contributed by atoms with Crippen LogP contribution in [0.5, 0.6) is 0 Å². The van der Waals surface area contributed by atoms with Gasteiger partial charge in [0.15, 0.2) is 0 Å². The second-order valence-electron chi connectivity index (χ2n) is 7.02. The Hall–Kier alpha value is -1.69. The zero-order valence-electron chi connectivity index (χ0n) is 17.4. The first-order valence-corrected chi connectivity index (χ1v) is 12.0. The molecule has 0 aliphatic rings. The topological polar surface area (TPSA) is 49.4 Å². The van der Waals surface area contributed by atoms with Crippen molar-refractivity contribution in [3.8, 4) is 0 Å². The molecule has 2 rings (SSSR count). The standard InChI is InChI=1S/C23H28Cl2N2O2S/c1-3-4-13-26-23(29)17(2)27(14-18-9-6-5-7-10-18)22(28)16-30-15-19-20(24)11-8-12-21(19)25/h5-12,17H,3-4,13-16H2,1-2H3,(H,26,29)/t17-/m1/s1. The molecule has 0 heterocycles. The summed E-state index contributed by atoms with van der Waals surface area (Å²) in [6.07, 6.45) is 1.92. The molecular weight excluding hydrogens is 439 g/mol. The number of unbranched alkanes of at least 4 members (excludes halogenated alkanes) is 1. The van der Waals surface area contributed by atoms with Gasteiger partial charge < -0.3 is 10.2 Å². The number of hydrogen-bond donors (Lipinski definition) is 1. The first-order valence-electron chi connectivity index (χ1n) is 10.1. The molecule has 4 nitrogen and oxygen atoms in total. The molecule has 0 aliphatic heterocycles. The second kappa shape index (κ2) is 12.9. The van der Waals surface area contributed by atoms with Gasteiger partial charge in [-0.15, -0.1) is 11.8 Å². The maximum Gasteiger partial charge on any atom is 0.242 e. The molecule has 162 valence electrons. The van der Waals surface area contributed by atoms with Crippen LogP contribution in [0, 0.1) is 0 Å². The number of nitrogens with one attached hydrogen (secondary N) is 1. The SMILES string of the molecule is CCCCNC(=O)[C@@H](C)N(Cc1ccccc1)C(=O)CSCc1c(Cl)cccc1Cl. The lowest BCUT2D eigenvalue weighted by Gasteiger charge is -2.29. The predicted molar refractivity (Wildman–Crippen MR) is 127 cm³/mol. The van der Waals surface area contributed by atoms with Crippen LogP contribution in [0.15, 0.2) is 48.5 Å². The van der Waals surface area contributed by atoms with Crippen molar-refractivity contribution in [3.05, 3.63) is 69.7 Å². The fourth-order valence-corrected chi connectivity index (χ4v) is 4.54. The lowest BCUT2D eigenvalue weighted by molar-refractivity contribution is -0.138. The summed E-state index contributed by atoms with van der Waals surface area (Å²) in [5.74, 6) is 0.540. The van der Waals surface area contributed by atoms with E-state index in [-0.39, 0.29) is 17.6 Å². The highest BCUT2D eigenvalue weighted by molar-refractivity contribution is 7.99. The van der Waals surface area contributed by atoms with E-state index in [1.54, 1.807) is 30.0 Å². The van der Waals surface area contributed by atoms with Gasteiger partial charge in [0.05, 0.1) is 5.75 Å². The number of halogens is 2. The Labute approximate surface area is 193 Å². The largest absolute Gasteiger partial charge is 0.354 e. The second-order valence-corrected chi connectivity index (χ2v) is 8.82. The summed E-state index contributed by atoms with van der Waals surface area (Å²) in [5, 5.41) is 4.11. The van der Waals surface area contributed by atoms with Crippen LogP contribution in [0.1, 0.15) is 37.8 Å². The van der Waals surface area contributed by atoms with E-state index in [9.17, 15) is 9.59 Å². The van der Waals surface area contributed by atoms with Crippen LogP contribution < -0.4 is 5.32 Å². The van der Waals surface area contributed by atoms with Crippen LogP contribution in [0.3, 0.4) is 0 Å². The molecule has 2 aromatic rings. The number of carbonyl (C=O) groups excluding carboxylic acids is 2. The Bertz CT molecular complexity index is 813. The molecule has 0 aromatic heterocycles. The van der Waals surface area contributed by atoms with Gasteiger partial charge in [-0.25, -0.2) is 0 Å². The van der Waals surface area contributed by atoms with Gasteiger partial charge in [-0.2, -0.15) is 0 Å². The van der Waals surface area contributed by atoms with Crippen LogP contribution in [0.25, 0.3) is 0 Å². The monoisotopic (exact) mass is 466 g/mol. The predicted octanol–water partition coefficient (Wildman–Crippen LogP) is 5.56. The van der Waals surface area contributed by atoms with Crippen molar-refractivity contribution in [2.24, 2.45) is 0 Å². The number of amides is 2. The number of benzene rings is 2. The minimum Gasteiger partial charge on any atom is -0.354 e. The van der Waals surface area contributed by atoms with Crippen molar-refractivity contribution >= 4 is 46.8 Å². The highest BCUT2D eigenvalue weighted by Gasteiger charge is 2.25. The van der Waals surface area contributed by atoms with Crippen LogP contribution in [-0.2, 0) is 21.9 Å². The fraction of sp³-hybridized carbons (Fsp3) is 0.391. The summed E-state index contributed by atoms with van der Waals surface area (Å²) < 4.78 is 0. The van der Waals surface area contributed by atoms with Crippen LogP contribution in [0.2, 0.25) is 10.0 Å². The van der Waals surface area contributed by atoms with Gasteiger partial charge >= 0.3 is 0 Å². The van der Waals surface area contributed by atoms with E-state index < -0.39 is 6.04 Å². The lowest BCUT2D eigenvalue weighted by Crippen LogP contribution is -2.48. The van der Waals surface area contributed by atoms with Crippen LogP contribution in [0.4, 0.5) is 0 Å². The van der Waals surface area contributed by atoms with Crippen LogP contribution >= 0.6 is 35.0 Å². The number of rotatable bonds is 11. The zero-order chi connectivity index (χ0) is 21.9. The smallest absolute Gasteiger partial charge is 0.242 e. The Morgan fingerprint density at radius 2 is 1.73 bits per heavy atom. The summed E-state index contributed by atoms with van der Waals surface area (Å²) in [7, 11) is 0. The maximum atomic E-state index is 13.0. The molecule has 0 saturated heterocycles. The van der Waals surface area contributed by atoms with E-state index in [0.717, 1.165) is 24.0 Å². The van der Waals surface area contributed by atoms with Gasteiger partial charge in [0, 0.05) is 28.9 Å². The van der Waals surface area contributed by atoms with Crippen LogP contribution in [-0.4, -0.2) is 35.1 Å². The molecule has 1 N–H and O–H groups in total. The van der Waals surface area contributed by atoms with Crippen molar-refractivity contribution in [1.82, 2.24) is 10.2 Å². The van der Waals surface area contributed by atoms with Gasteiger partial charge in [0.25, 0.3) is 0 Å². The molecule has 0 spiro atoms. The summed E-state index contributed by atoms with van der Waals surface area (Å²) in [4.78, 5) is 27.3. The molecule has 1 atom stereocenters. The number of carbonyl (C=O) groups is 2. The Morgan fingerprint density at radius 1 is 1.07 bits per heavy atom. The molecule has 0 aliphatic carbocycles. The molecule has 0 radical (unpaired) electrons. The van der Waals surface area contributed by atoms with E-state index in [2.05, 4.69) is 12.2 Å². The Morgan fingerprint density at radius 3 is 2.37 bits per heavy atom. The normalized spacial score (nSPS) is 11.7. The van der Waals surface area contributed by atoms with E-state index in [4.69, 9.17) is 23.2 Å². The van der Waals surface area contributed by atoms with Gasteiger partial charge in [-0.1, -0.05) is 72.9 Å². The quantitative estimate of drug-likeness (QED) is 0.440. The highest BCUT2D eigenvalue weighted by atomic mass is 35.5. The third-order valence-electron chi connectivity index (χ3n) is 4.73. The molecule has 2 amide bonds. The Kier molecular flexibility index (Phi) is 10.6. The molecule has 0 bridgehead atoms. The average Bonchev–Trinajstić information content (AvgIpc) is 2.74. The van der Waals surface area contributed by atoms with Crippen molar-refractivity contribution in [2.45, 2.75) is 45.0 Å². The molecule has 0 unspecified atom stereocenters. The minimum absolute atomic E-state index is 0.0924. The van der Waals surface area contributed by atoms with Gasteiger partial charge in [0.1, 0.15) is 6.04 Å². The third-order valence-corrected chi connectivity index (χ3v) is 6.38. The maximum absolute atomic E-state index is 13.0.